The topological polar surface area (TPSA) is 42.3 Å². The SMILES string of the molecule is CNCCN1CCN(c2cccc(C#N)c2)CC1C. The Morgan fingerprint density at radius 2 is 2.26 bits per heavy atom. The summed E-state index contributed by atoms with van der Waals surface area (Å²) < 4.78 is 0. The Balaban J connectivity index is 1.99. The minimum Gasteiger partial charge on any atom is -0.369 e. The number of hydrogen-bond donors (Lipinski definition) is 1. The van der Waals surface area contributed by atoms with Gasteiger partial charge < -0.3 is 10.2 Å². The molecule has 1 aromatic rings. The van der Waals surface area contributed by atoms with E-state index >= 15 is 0 Å². The minimum absolute atomic E-state index is 0.549. The van der Waals surface area contributed by atoms with E-state index in [2.05, 4.69) is 34.2 Å². The lowest BCUT2D eigenvalue weighted by atomic mass is 10.1. The van der Waals surface area contributed by atoms with Crippen LogP contribution in [0.15, 0.2) is 24.3 Å². The van der Waals surface area contributed by atoms with E-state index in [0.717, 1.165) is 38.3 Å². The third kappa shape index (κ3) is 3.46. The maximum Gasteiger partial charge on any atom is 0.0992 e. The van der Waals surface area contributed by atoms with E-state index < -0.39 is 0 Å². The van der Waals surface area contributed by atoms with Gasteiger partial charge >= 0.3 is 0 Å². The molecule has 1 aliphatic heterocycles. The van der Waals surface area contributed by atoms with Crippen molar-refractivity contribution >= 4 is 5.69 Å². The molecule has 1 unspecified atom stereocenters. The van der Waals surface area contributed by atoms with Crippen LogP contribution in [0.4, 0.5) is 5.69 Å². The molecule has 1 N–H and O–H groups in total. The molecule has 0 aliphatic carbocycles. The molecule has 1 saturated heterocycles. The van der Waals surface area contributed by atoms with Crippen molar-refractivity contribution in [2.75, 3.05) is 44.7 Å². The van der Waals surface area contributed by atoms with Crippen LogP contribution < -0.4 is 10.2 Å². The molecule has 1 aromatic carbocycles. The molecule has 102 valence electrons. The maximum atomic E-state index is 8.97. The fourth-order valence-corrected chi connectivity index (χ4v) is 2.59. The average molecular weight is 258 g/mol. The van der Waals surface area contributed by atoms with Crippen LogP contribution in [0.25, 0.3) is 0 Å². The van der Waals surface area contributed by atoms with Crippen LogP contribution in [0.3, 0.4) is 0 Å². The van der Waals surface area contributed by atoms with Crippen LogP contribution in [0, 0.1) is 11.3 Å². The molecule has 1 heterocycles. The Bertz CT molecular complexity index is 452. The van der Waals surface area contributed by atoms with Gasteiger partial charge in [-0.25, -0.2) is 0 Å². The van der Waals surface area contributed by atoms with Gasteiger partial charge in [-0.1, -0.05) is 6.07 Å². The normalized spacial score (nSPS) is 20.3. The first-order valence-corrected chi connectivity index (χ1v) is 6.88. The quantitative estimate of drug-likeness (QED) is 0.883. The molecule has 1 atom stereocenters. The van der Waals surface area contributed by atoms with Crippen molar-refractivity contribution in [3.63, 3.8) is 0 Å². The van der Waals surface area contributed by atoms with Gasteiger partial charge in [0.15, 0.2) is 0 Å². The van der Waals surface area contributed by atoms with Crippen molar-refractivity contribution in [1.82, 2.24) is 10.2 Å². The predicted octanol–water partition coefficient (Wildman–Crippen LogP) is 1.29. The number of piperazine rings is 1. The first-order chi connectivity index (χ1) is 9.24. The van der Waals surface area contributed by atoms with E-state index in [1.165, 1.54) is 5.69 Å². The number of benzene rings is 1. The van der Waals surface area contributed by atoms with Gasteiger partial charge in [-0.15, -0.1) is 0 Å². The fourth-order valence-electron chi connectivity index (χ4n) is 2.59. The summed E-state index contributed by atoms with van der Waals surface area (Å²) in [6.45, 7) is 7.55. The van der Waals surface area contributed by atoms with Gasteiger partial charge in [-0.3, -0.25) is 4.90 Å². The van der Waals surface area contributed by atoms with Crippen LogP contribution in [-0.4, -0.2) is 50.7 Å². The summed E-state index contributed by atoms with van der Waals surface area (Å²) in [4.78, 5) is 4.89. The molecule has 0 spiro atoms. The number of nitrogens with one attached hydrogen (secondary N) is 1. The fraction of sp³-hybridized carbons (Fsp3) is 0.533. The van der Waals surface area contributed by atoms with Gasteiger partial charge in [0.25, 0.3) is 0 Å². The molecule has 4 nitrogen and oxygen atoms in total. The summed E-state index contributed by atoms with van der Waals surface area (Å²) in [7, 11) is 1.99. The third-order valence-corrected chi connectivity index (χ3v) is 3.75. The lowest BCUT2D eigenvalue weighted by Crippen LogP contribution is -2.53. The number of nitrogens with zero attached hydrogens (tertiary/aromatic N) is 3. The van der Waals surface area contributed by atoms with E-state index in [1.807, 2.05) is 25.2 Å². The van der Waals surface area contributed by atoms with Crippen LogP contribution in [-0.2, 0) is 0 Å². The molecule has 2 rings (SSSR count). The van der Waals surface area contributed by atoms with Crippen molar-refractivity contribution in [3.05, 3.63) is 29.8 Å². The first kappa shape index (κ1) is 13.9. The molecule has 0 amide bonds. The smallest absolute Gasteiger partial charge is 0.0992 e. The highest BCUT2D eigenvalue weighted by Crippen LogP contribution is 2.20. The Labute approximate surface area is 115 Å². The monoisotopic (exact) mass is 258 g/mol. The number of rotatable bonds is 4. The van der Waals surface area contributed by atoms with Gasteiger partial charge in [0.05, 0.1) is 11.6 Å². The number of nitriles is 1. The summed E-state index contributed by atoms with van der Waals surface area (Å²) in [5, 5.41) is 12.2. The molecular formula is C15H22N4. The van der Waals surface area contributed by atoms with Gasteiger partial charge in [0.1, 0.15) is 0 Å². The van der Waals surface area contributed by atoms with Crippen LogP contribution in [0.1, 0.15) is 12.5 Å². The van der Waals surface area contributed by atoms with E-state index in [1.54, 1.807) is 0 Å². The molecule has 19 heavy (non-hydrogen) atoms. The summed E-state index contributed by atoms with van der Waals surface area (Å²) in [6.07, 6.45) is 0. The van der Waals surface area contributed by atoms with Crippen molar-refractivity contribution < 1.29 is 0 Å². The standard InChI is InChI=1S/C15H22N4/c1-13-12-19(9-8-18(13)7-6-17-2)15-5-3-4-14(10-15)11-16/h3-5,10,13,17H,6-9,12H2,1-2H3. The van der Waals surface area contributed by atoms with E-state index in [0.29, 0.717) is 6.04 Å². The molecule has 1 aliphatic rings. The minimum atomic E-state index is 0.549. The summed E-state index contributed by atoms with van der Waals surface area (Å²) in [5.41, 5.74) is 1.90. The number of anilines is 1. The zero-order valence-corrected chi connectivity index (χ0v) is 11.8. The molecule has 0 saturated carbocycles. The van der Waals surface area contributed by atoms with E-state index in [4.69, 9.17) is 5.26 Å². The van der Waals surface area contributed by atoms with Crippen molar-refractivity contribution in [3.8, 4) is 6.07 Å². The second-order valence-electron chi connectivity index (χ2n) is 5.10. The maximum absolute atomic E-state index is 8.97. The number of hydrogen-bond acceptors (Lipinski definition) is 4. The van der Waals surface area contributed by atoms with Crippen molar-refractivity contribution in [2.45, 2.75) is 13.0 Å². The van der Waals surface area contributed by atoms with Crippen molar-refractivity contribution in [1.29, 1.82) is 5.26 Å². The van der Waals surface area contributed by atoms with Crippen LogP contribution in [0.2, 0.25) is 0 Å². The highest BCUT2D eigenvalue weighted by molar-refractivity contribution is 5.52. The largest absolute Gasteiger partial charge is 0.369 e. The lowest BCUT2D eigenvalue weighted by molar-refractivity contribution is 0.191. The van der Waals surface area contributed by atoms with Gasteiger partial charge in [0, 0.05) is 44.5 Å². The lowest BCUT2D eigenvalue weighted by Gasteiger charge is -2.41. The predicted molar refractivity (Wildman–Crippen MR) is 78.3 cm³/mol. The molecule has 1 fully saturated rings. The van der Waals surface area contributed by atoms with E-state index in [-0.39, 0.29) is 0 Å². The second-order valence-corrected chi connectivity index (χ2v) is 5.10. The zero-order valence-electron chi connectivity index (χ0n) is 11.8. The molecule has 0 aromatic heterocycles. The Kier molecular flexibility index (Phi) is 4.78. The van der Waals surface area contributed by atoms with Gasteiger partial charge in [-0.2, -0.15) is 5.26 Å². The highest BCUT2D eigenvalue weighted by Gasteiger charge is 2.23. The van der Waals surface area contributed by atoms with Crippen LogP contribution in [0.5, 0.6) is 0 Å². The summed E-state index contributed by atoms with van der Waals surface area (Å²) in [5.74, 6) is 0. The van der Waals surface area contributed by atoms with Crippen molar-refractivity contribution in [2.24, 2.45) is 0 Å². The molecule has 4 heteroatoms. The Hall–Kier alpha value is -1.57. The summed E-state index contributed by atoms with van der Waals surface area (Å²) in [6, 6.07) is 10.7. The average Bonchev–Trinajstić information content (AvgIpc) is 2.46. The van der Waals surface area contributed by atoms with Crippen LogP contribution >= 0.6 is 0 Å². The summed E-state index contributed by atoms with van der Waals surface area (Å²) >= 11 is 0. The van der Waals surface area contributed by atoms with Gasteiger partial charge in [-0.05, 0) is 32.2 Å². The molecule has 0 bridgehead atoms. The Morgan fingerprint density at radius 3 is 2.95 bits per heavy atom. The second kappa shape index (κ2) is 6.55. The zero-order chi connectivity index (χ0) is 13.7. The van der Waals surface area contributed by atoms with E-state index in [9.17, 15) is 0 Å². The Morgan fingerprint density at radius 1 is 1.42 bits per heavy atom. The highest BCUT2D eigenvalue weighted by atomic mass is 15.3. The molecule has 0 radical (unpaired) electrons. The number of likely N-dealkylation sites (N-methyl/N-ethyl adjacent to an activating group) is 1. The first-order valence-electron chi connectivity index (χ1n) is 6.88. The third-order valence-electron chi connectivity index (χ3n) is 3.75. The van der Waals surface area contributed by atoms with Gasteiger partial charge in [0.2, 0.25) is 0 Å². The molecular weight excluding hydrogens is 236 g/mol.